The molecule has 0 aromatic carbocycles. The molecular weight excluding hydrogens is 231 g/mol. The van der Waals surface area contributed by atoms with Gasteiger partial charge in [0.25, 0.3) is 5.69 Å². The van der Waals surface area contributed by atoms with E-state index in [1.54, 1.807) is 0 Å². The fourth-order valence-corrected chi connectivity index (χ4v) is 0.825. The van der Waals surface area contributed by atoms with Gasteiger partial charge in [-0.05, 0) is 16.0 Å². The Labute approximate surface area is 86.0 Å². The minimum atomic E-state index is -4.98. The van der Waals surface area contributed by atoms with Gasteiger partial charge in [0.15, 0.2) is 11.8 Å². The average Bonchev–Trinajstić information content (AvgIpc) is 2.15. The maximum atomic E-state index is 11.8. The average molecular weight is 233 g/mol. The Bertz CT molecular complexity index is 466. The van der Waals surface area contributed by atoms with Crippen molar-refractivity contribution in [2.24, 2.45) is 0 Å². The predicted octanol–water partition coefficient (Wildman–Crippen LogP) is 1.76. The van der Waals surface area contributed by atoms with Crippen LogP contribution in [0.5, 0.6) is 5.75 Å². The third kappa shape index (κ3) is 2.81. The van der Waals surface area contributed by atoms with Crippen molar-refractivity contribution in [3.05, 3.63) is 27.9 Å². The molecular formula is C7H2F3N3O3. The van der Waals surface area contributed by atoms with Crippen LogP contribution in [0, 0.1) is 21.4 Å². The normalized spacial score (nSPS) is 10.6. The van der Waals surface area contributed by atoms with Crippen molar-refractivity contribution in [2.75, 3.05) is 0 Å². The fraction of sp³-hybridized carbons (Fsp3) is 0.143. The minimum Gasteiger partial charge on any atom is -0.400 e. The largest absolute Gasteiger partial charge is 0.573 e. The van der Waals surface area contributed by atoms with Gasteiger partial charge in [-0.1, -0.05) is 0 Å². The van der Waals surface area contributed by atoms with Crippen molar-refractivity contribution in [3.8, 4) is 11.8 Å². The van der Waals surface area contributed by atoms with E-state index in [2.05, 4.69) is 9.72 Å². The van der Waals surface area contributed by atoms with Gasteiger partial charge in [-0.3, -0.25) is 0 Å². The molecule has 0 saturated heterocycles. The van der Waals surface area contributed by atoms with E-state index in [0.717, 1.165) is 0 Å². The van der Waals surface area contributed by atoms with Crippen molar-refractivity contribution < 1.29 is 22.8 Å². The van der Waals surface area contributed by atoms with Gasteiger partial charge in [-0.2, -0.15) is 5.26 Å². The first-order valence-corrected chi connectivity index (χ1v) is 3.65. The lowest BCUT2D eigenvalue weighted by molar-refractivity contribution is -0.389. The highest BCUT2D eigenvalue weighted by atomic mass is 19.4. The first-order valence-electron chi connectivity index (χ1n) is 3.65. The monoisotopic (exact) mass is 233 g/mol. The summed E-state index contributed by atoms with van der Waals surface area (Å²) in [7, 11) is 0. The molecule has 0 N–H and O–H groups in total. The number of aromatic nitrogens is 1. The molecule has 84 valence electrons. The van der Waals surface area contributed by atoms with E-state index in [9.17, 15) is 23.3 Å². The molecule has 6 nitrogen and oxygen atoms in total. The standard InChI is InChI=1S/C7H2F3N3O3/c8-7(9,10)16-5-1-2-6(13(14)15)12-4(5)3-11/h1-2H. The summed E-state index contributed by atoms with van der Waals surface area (Å²) in [5.41, 5.74) is -0.800. The lowest BCUT2D eigenvalue weighted by Crippen LogP contribution is -2.18. The first kappa shape index (κ1) is 11.7. The van der Waals surface area contributed by atoms with Crippen LogP contribution < -0.4 is 4.74 Å². The maximum absolute atomic E-state index is 11.8. The maximum Gasteiger partial charge on any atom is 0.573 e. The third-order valence-corrected chi connectivity index (χ3v) is 1.36. The highest BCUT2D eigenvalue weighted by Crippen LogP contribution is 2.26. The Morgan fingerprint density at radius 1 is 1.50 bits per heavy atom. The quantitative estimate of drug-likeness (QED) is 0.573. The van der Waals surface area contributed by atoms with Crippen molar-refractivity contribution >= 4 is 5.82 Å². The molecule has 0 amide bonds. The fourth-order valence-electron chi connectivity index (χ4n) is 0.825. The Kier molecular flexibility index (Phi) is 2.94. The molecule has 0 aliphatic carbocycles. The third-order valence-electron chi connectivity index (χ3n) is 1.36. The molecule has 0 unspecified atom stereocenters. The minimum absolute atomic E-state index is 0.664. The number of hydrogen-bond acceptors (Lipinski definition) is 5. The van der Waals surface area contributed by atoms with Crippen LogP contribution in [-0.2, 0) is 0 Å². The number of pyridine rings is 1. The summed E-state index contributed by atoms with van der Waals surface area (Å²) in [5, 5.41) is 18.7. The number of ether oxygens (including phenoxy) is 1. The van der Waals surface area contributed by atoms with Gasteiger partial charge in [0.2, 0.25) is 0 Å². The van der Waals surface area contributed by atoms with E-state index < -0.39 is 28.5 Å². The van der Waals surface area contributed by atoms with Gasteiger partial charge >= 0.3 is 12.2 Å². The van der Waals surface area contributed by atoms with Crippen molar-refractivity contribution in [1.82, 2.24) is 4.98 Å². The molecule has 0 spiro atoms. The van der Waals surface area contributed by atoms with Crippen LogP contribution >= 0.6 is 0 Å². The van der Waals surface area contributed by atoms with Crippen LogP contribution in [-0.4, -0.2) is 16.3 Å². The highest BCUT2D eigenvalue weighted by molar-refractivity contribution is 5.41. The number of halogens is 3. The molecule has 0 saturated carbocycles. The molecule has 0 atom stereocenters. The zero-order valence-corrected chi connectivity index (χ0v) is 7.35. The number of nitrogens with zero attached hydrogens (tertiary/aromatic N) is 3. The van der Waals surface area contributed by atoms with Gasteiger partial charge in [0.05, 0.1) is 0 Å². The van der Waals surface area contributed by atoms with Crippen molar-refractivity contribution in [1.29, 1.82) is 5.26 Å². The highest BCUT2D eigenvalue weighted by Gasteiger charge is 2.33. The lowest BCUT2D eigenvalue weighted by Gasteiger charge is -2.07. The van der Waals surface area contributed by atoms with Crippen LogP contribution in [0.3, 0.4) is 0 Å². The van der Waals surface area contributed by atoms with Gasteiger partial charge < -0.3 is 14.9 Å². The molecule has 0 aliphatic rings. The Morgan fingerprint density at radius 3 is 2.56 bits per heavy atom. The first-order chi connectivity index (χ1) is 7.33. The number of rotatable bonds is 2. The van der Waals surface area contributed by atoms with Crippen LogP contribution in [0.1, 0.15) is 5.69 Å². The van der Waals surface area contributed by atoms with Gasteiger partial charge in [-0.25, -0.2) is 0 Å². The molecule has 1 rings (SSSR count). The van der Waals surface area contributed by atoms with Crippen LogP contribution in [0.25, 0.3) is 0 Å². The summed E-state index contributed by atoms with van der Waals surface area (Å²) >= 11 is 0. The van der Waals surface area contributed by atoms with Crippen LogP contribution in [0.4, 0.5) is 19.0 Å². The molecule has 0 radical (unpaired) electrons. The molecule has 1 heterocycles. The summed E-state index contributed by atoms with van der Waals surface area (Å²) in [6.07, 6.45) is -4.98. The van der Waals surface area contributed by atoms with E-state index in [1.807, 2.05) is 0 Å². The zero-order valence-electron chi connectivity index (χ0n) is 7.35. The lowest BCUT2D eigenvalue weighted by atomic mass is 10.3. The Morgan fingerprint density at radius 2 is 2.12 bits per heavy atom. The van der Waals surface area contributed by atoms with Crippen molar-refractivity contribution in [2.45, 2.75) is 6.36 Å². The molecule has 16 heavy (non-hydrogen) atoms. The molecule has 0 fully saturated rings. The van der Waals surface area contributed by atoms with Crippen molar-refractivity contribution in [3.63, 3.8) is 0 Å². The summed E-state index contributed by atoms with van der Waals surface area (Å²) in [6, 6.07) is 2.65. The summed E-state index contributed by atoms with van der Waals surface area (Å²) in [6.45, 7) is 0. The van der Waals surface area contributed by atoms with Crippen LogP contribution in [0.15, 0.2) is 12.1 Å². The van der Waals surface area contributed by atoms with E-state index in [0.29, 0.717) is 12.1 Å². The van der Waals surface area contributed by atoms with E-state index in [4.69, 9.17) is 5.26 Å². The predicted molar refractivity (Wildman–Crippen MR) is 42.3 cm³/mol. The van der Waals surface area contributed by atoms with Crippen LogP contribution in [0.2, 0.25) is 0 Å². The molecule has 0 aliphatic heterocycles. The zero-order chi connectivity index (χ0) is 12.3. The molecule has 1 aromatic rings. The van der Waals surface area contributed by atoms with E-state index in [-0.39, 0.29) is 0 Å². The SMILES string of the molecule is N#Cc1nc([N+](=O)[O-])ccc1OC(F)(F)F. The number of nitro groups is 1. The van der Waals surface area contributed by atoms with Gasteiger partial charge in [0.1, 0.15) is 0 Å². The van der Waals surface area contributed by atoms with Gasteiger partial charge in [-0.15, -0.1) is 13.2 Å². The Hall–Kier alpha value is -2.37. The Balaban J connectivity index is 3.14. The molecule has 0 bridgehead atoms. The number of alkyl halides is 3. The number of hydrogen-bond donors (Lipinski definition) is 0. The molecule has 9 heteroatoms. The second-order valence-corrected chi connectivity index (χ2v) is 2.43. The molecule has 1 aromatic heterocycles. The second kappa shape index (κ2) is 4.01. The second-order valence-electron chi connectivity index (χ2n) is 2.43. The van der Waals surface area contributed by atoms with Gasteiger partial charge in [0, 0.05) is 6.07 Å². The summed E-state index contributed by atoms with van der Waals surface area (Å²) in [5.74, 6) is -1.60. The van der Waals surface area contributed by atoms with E-state index in [1.165, 1.54) is 6.07 Å². The topological polar surface area (TPSA) is 89.0 Å². The summed E-state index contributed by atoms with van der Waals surface area (Å²) in [4.78, 5) is 12.4. The number of nitriles is 1. The smallest absolute Gasteiger partial charge is 0.400 e. The summed E-state index contributed by atoms with van der Waals surface area (Å²) < 4.78 is 38.9. The van der Waals surface area contributed by atoms with E-state index >= 15 is 0 Å².